The second-order valence-electron chi connectivity index (χ2n) is 8.39. The molecule has 2 aromatic rings. The molecular formula is C23H29ClN2O4S. The maximum absolute atomic E-state index is 13.7. The lowest BCUT2D eigenvalue weighted by molar-refractivity contribution is -0.134. The molecule has 0 aliphatic heterocycles. The SMILES string of the molecule is Cc1ccc(C)c(S(=O)(=O)N(Cc2ccc(Cl)cc2)CC2CCC(C(=O)NO)CC2)c1. The molecule has 0 spiro atoms. The number of nitrogens with one attached hydrogen (secondary N) is 1. The zero-order valence-electron chi connectivity index (χ0n) is 17.8. The first-order valence-corrected chi connectivity index (χ1v) is 12.3. The maximum Gasteiger partial charge on any atom is 0.246 e. The van der Waals surface area contributed by atoms with Gasteiger partial charge in [0.2, 0.25) is 15.9 Å². The third-order valence-electron chi connectivity index (χ3n) is 6.02. The number of carbonyl (C=O) groups is 1. The minimum Gasteiger partial charge on any atom is -0.289 e. The van der Waals surface area contributed by atoms with Gasteiger partial charge in [-0.3, -0.25) is 10.0 Å². The molecule has 0 bridgehead atoms. The van der Waals surface area contributed by atoms with Crippen LogP contribution in [0.3, 0.4) is 0 Å². The Bertz CT molecular complexity index is 1020. The van der Waals surface area contributed by atoms with Gasteiger partial charge in [0, 0.05) is 24.0 Å². The largest absolute Gasteiger partial charge is 0.289 e. The van der Waals surface area contributed by atoms with E-state index in [0.717, 1.165) is 29.5 Å². The quantitative estimate of drug-likeness (QED) is 0.468. The molecule has 3 rings (SSSR count). The Morgan fingerprint density at radius 2 is 1.74 bits per heavy atom. The number of nitrogens with zero attached hydrogens (tertiary/aromatic N) is 1. The van der Waals surface area contributed by atoms with E-state index in [-0.39, 0.29) is 24.3 Å². The molecule has 0 unspecified atom stereocenters. The molecule has 1 saturated carbocycles. The Morgan fingerprint density at radius 1 is 1.10 bits per heavy atom. The summed E-state index contributed by atoms with van der Waals surface area (Å²) in [5.74, 6) is -0.434. The summed E-state index contributed by atoms with van der Waals surface area (Å²) in [7, 11) is -3.72. The van der Waals surface area contributed by atoms with Crippen LogP contribution in [0.4, 0.5) is 0 Å². The molecule has 1 fully saturated rings. The van der Waals surface area contributed by atoms with Crippen molar-refractivity contribution in [2.45, 2.75) is 51.0 Å². The molecule has 6 nitrogen and oxygen atoms in total. The molecule has 1 aliphatic rings. The summed E-state index contributed by atoms with van der Waals surface area (Å²) < 4.78 is 28.9. The summed E-state index contributed by atoms with van der Waals surface area (Å²) >= 11 is 6.00. The lowest BCUT2D eigenvalue weighted by Crippen LogP contribution is -2.38. The molecule has 0 aromatic heterocycles. The third kappa shape index (κ3) is 5.86. The Labute approximate surface area is 189 Å². The zero-order valence-corrected chi connectivity index (χ0v) is 19.4. The molecule has 0 heterocycles. The standard InChI is InChI=1S/C23H29ClN2O4S/c1-16-3-4-17(2)22(13-16)31(29,30)26(15-19-7-11-21(24)12-8-19)14-18-5-9-20(10-6-18)23(27)25-28/h3-4,7-8,11-13,18,20,28H,5-6,9-10,14-15H2,1-2H3,(H,25,27). The Hall–Kier alpha value is -1.93. The highest BCUT2D eigenvalue weighted by atomic mass is 35.5. The summed E-state index contributed by atoms with van der Waals surface area (Å²) in [6, 6.07) is 12.7. The van der Waals surface area contributed by atoms with Crippen molar-refractivity contribution in [3.8, 4) is 0 Å². The molecule has 0 radical (unpaired) electrons. The molecular weight excluding hydrogens is 436 g/mol. The average Bonchev–Trinajstić information content (AvgIpc) is 2.76. The number of benzene rings is 2. The lowest BCUT2D eigenvalue weighted by Gasteiger charge is -2.32. The second-order valence-corrected chi connectivity index (χ2v) is 10.7. The number of carbonyl (C=O) groups excluding carboxylic acids is 1. The van der Waals surface area contributed by atoms with E-state index in [9.17, 15) is 13.2 Å². The van der Waals surface area contributed by atoms with Crippen molar-refractivity contribution in [1.82, 2.24) is 9.79 Å². The van der Waals surface area contributed by atoms with Crippen molar-refractivity contribution < 1.29 is 18.4 Å². The first-order chi connectivity index (χ1) is 14.7. The highest BCUT2D eigenvalue weighted by molar-refractivity contribution is 7.89. The van der Waals surface area contributed by atoms with Crippen LogP contribution in [0.15, 0.2) is 47.4 Å². The van der Waals surface area contributed by atoms with Gasteiger partial charge in [0.1, 0.15) is 0 Å². The molecule has 1 amide bonds. The van der Waals surface area contributed by atoms with Crippen LogP contribution in [0.5, 0.6) is 0 Å². The van der Waals surface area contributed by atoms with E-state index in [1.165, 1.54) is 0 Å². The smallest absolute Gasteiger partial charge is 0.246 e. The van der Waals surface area contributed by atoms with Crippen LogP contribution in [0, 0.1) is 25.7 Å². The van der Waals surface area contributed by atoms with Gasteiger partial charge >= 0.3 is 0 Å². The number of aryl methyl sites for hydroxylation is 2. The summed E-state index contributed by atoms with van der Waals surface area (Å²) in [6.07, 6.45) is 2.74. The first-order valence-electron chi connectivity index (χ1n) is 10.5. The molecule has 2 N–H and O–H groups in total. The van der Waals surface area contributed by atoms with E-state index in [1.807, 2.05) is 38.1 Å². The van der Waals surface area contributed by atoms with Gasteiger partial charge in [-0.2, -0.15) is 4.31 Å². The molecule has 0 saturated heterocycles. The summed E-state index contributed by atoms with van der Waals surface area (Å²) in [4.78, 5) is 12.0. The highest BCUT2D eigenvalue weighted by Crippen LogP contribution is 2.32. The van der Waals surface area contributed by atoms with E-state index >= 15 is 0 Å². The topological polar surface area (TPSA) is 86.7 Å². The predicted octanol–water partition coefficient (Wildman–Crippen LogP) is 4.46. The number of hydroxylamine groups is 1. The van der Waals surface area contributed by atoms with Gasteiger partial charge in [0.25, 0.3) is 0 Å². The van der Waals surface area contributed by atoms with E-state index in [0.29, 0.717) is 29.3 Å². The van der Waals surface area contributed by atoms with Crippen LogP contribution in [0.1, 0.15) is 42.4 Å². The van der Waals surface area contributed by atoms with Crippen LogP contribution in [0.25, 0.3) is 0 Å². The number of hydrogen-bond donors (Lipinski definition) is 2. The Morgan fingerprint density at radius 3 is 2.35 bits per heavy atom. The third-order valence-corrected chi connectivity index (χ3v) is 8.23. The second kappa shape index (κ2) is 10.1. The van der Waals surface area contributed by atoms with Crippen molar-refractivity contribution in [2.75, 3.05) is 6.54 Å². The van der Waals surface area contributed by atoms with Crippen molar-refractivity contribution in [3.05, 3.63) is 64.2 Å². The van der Waals surface area contributed by atoms with Crippen LogP contribution in [-0.2, 0) is 21.4 Å². The fourth-order valence-corrected chi connectivity index (χ4v) is 6.09. The minimum atomic E-state index is -3.72. The monoisotopic (exact) mass is 464 g/mol. The van der Waals surface area contributed by atoms with Gasteiger partial charge in [-0.15, -0.1) is 0 Å². The fraction of sp³-hybridized carbons (Fsp3) is 0.435. The average molecular weight is 465 g/mol. The number of rotatable bonds is 7. The number of amides is 1. The normalized spacial score (nSPS) is 19.4. The van der Waals surface area contributed by atoms with Crippen molar-refractivity contribution >= 4 is 27.5 Å². The minimum absolute atomic E-state index is 0.148. The summed E-state index contributed by atoms with van der Waals surface area (Å²) in [5.41, 5.74) is 4.21. The van der Waals surface area contributed by atoms with Gasteiger partial charge in [-0.25, -0.2) is 13.9 Å². The molecule has 168 valence electrons. The van der Waals surface area contributed by atoms with E-state index in [1.54, 1.807) is 28.0 Å². The number of hydrogen-bond acceptors (Lipinski definition) is 4. The van der Waals surface area contributed by atoms with Gasteiger partial charge in [0.15, 0.2) is 0 Å². The van der Waals surface area contributed by atoms with Crippen molar-refractivity contribution in [3.63, 3.8) is 0 Å². The molecule has 1 aliphatic carbocycles. The van der Waals surface area contributed by atoms with E-state index < -0.39 is 10.0 Å². The number of halogens is 1. The van der Waals surface area contributed by atoms with Crippen LogP contribution >= 0.6 is 11.6 Å². The van der Waals surface area contributed by atoms with E-state index in [4.69, 9.17) is 16.8 Å². The molecule has 2 aromatic carbocycles. The Balaban J connectivity index is 1.85. The molecule has 0 atom stereocenters. The van der Waals surface area contributed by atoms with Crippen LogP contribution in [-0.4, -0.2) is 30.4 Å². The molecule has 31 heavy (non-hydrogen) atoms. The first kappa shape index (κ1) is 23.7. The number of sulfonamides is 1. The van der Waals surface area contributed by atoms with E-state index in [2.05, 4.69) is 0 Å². The Kier molecular flexibility index (Phi) is 7.75. The zero-order chi connectivity index (χ0) is 22.6. The molecule has 8 heteroatoms. The van der Waals surface area contributed by atoms with Crippen molar-refractivity contribution in [1.29, 1.82) is 0 Å². The van der Waals surface area contributed by atoms with Gasteiger partial charge < -0.3 is 0 Å². The predicted molar refractivity (Wildman–Crippen MR) is 120 cm³/mol. The van der Waals surface area contributed by atoms with Crippen molar-refractivity contribution in [2.24, 2.45) is 11.8 Å². The van der Waals surface area contributed by atoms with Crippen LogP contribution in [0.2, 0.25) is 5.02 Å². The van der Waals surface area contributed by atoms with Gasteiger partial charge in [0.05, 0.1) is 4.90 Å². The van der Waals surface area contributed by atoms with Crippen LogP contribution < -0.4 is 5.48 Å². The van der Waals surface area contributed by atoms with Gasteiger partial charge in [-0.1, -0.05) is 35.9 Å². The summed E-state index contributed by atoms with van der Waals surface area (Å²) in [5, 5.41) is 9.47. The lowest BCUT2D eigenvalue weighted by atomic mass is 9.81. The fourth-order valence-electron chi connectivity index (χ4n) is 4.15. The highest BCUT2D eigenvalue weighted by Gasteiger charge is 2.32. The maximum atomic E-state index is 13.7. The summed E-state index contributed by atoms with van der Waals surface area (Å²) in [6.45, 7) is 4.33. The van der Waals surface area contributed by atoms with Gasteiger partial charge in [-0.05, 0) is 80.3 Å².